The predicted molar refractivity (Wildman–Crippen MR) is 149 cm³/mol. The Bertz CT molecular complexity index is 1570. The van der Waals surface area contributed by atoms with Gasteiger partial charge in [0.15, 0.2) is 5.82 Å². The van der Waals surface area contributed by atoms with Gasteiger partial charge in [0.05, 0.1) is 22.1 Å². The minimum atomic E-state index is -0.891. The summed E-state index contributed by atoms with van der Waals surface area (Å²) in [5, 5.41) is 9.04. The summed E-state index contributed by atoms with van der Waals surface area (Å²) >= 11 is 7.63. The van der Waals surface area contributed by atoms with Crippen LogP contribution in [0.15, 0.2) is 36.4 Å². The number of hydrogen-bond acceptors (Lipinski definition) is 7. The third-order valence-corrected chi connectivity index (χ3v) is 7.27. The highest BCUT2D eigenvalue weighted by Gasteiger charge is 2.35. The van der Waals surface area contributed by atoms with Gasteiger partial charge >= 0.3 is 0 Å². The summed E-state index contributed by atoms with van der Waals surface area (Å²) in [5.41, 5.74) is 1.53. The van der Waals surface area contributed by atoms with Crippen molar-refractivity contribution in [3.8, 4) is 0 Å². The first kappa shape index (κ1) is 29.1. The molecule has 0 aliphatic carbocycles. The van der Waals surface area contributed by atoms with Crippen molar-refractivity contribution in [2.45, 2.75) is 19.5 Å². The average Bonchev–Trinajstić information content (AvgIpc) is 3.45. The molecule has 0 saturated carbocycles. The van der Waals surface area contributed by atoms with Gasteiger partial charge in [0, 0.05) is 29.1 Å². The van der Waals surface area contributed by atoms with E-state index in [0.717, 1.165) is 15.8 Å². The lowest BCUT2D eigenvalue weighted by Gasteiger charge is -2.27. The molecular formula is C26H26ClF2N7O3S. The number of carbonyl (C=O) groups is 3. The third-order valence-electron chi connectivity index (χ3n) is 6.01. The number of aromatic nitrogens is 3. The Labute approximate surface area is 237 Å². The van der Waals surface area contributed by atoms with Gasteiger partial charge in [-0.25, -0.2) is 13.8 Å². The predicted octanol–water partition coefficient (Wildman–Crippen LogP) is 3.50. The number of fused-ring (bicyclic) bond motifs is 2. The molecule has 5 rings (SSSR count). The molecule has 3 amide bonds. The van der Waals surface area contributed by atoms with Crippen LogP contribution in [0.2, 0.25) is 5.02 Å². The molecular weight excluding hydrogens is 564 g/mol. The van der Waals surface area contributed by atoms with E-state index in [1.807, 2.05) is 25.9 Å². The minimum Gasteiger partial charge on any atom is -0.348 e. The average molecular weight is 590 g/mol. The smallest absolute Gasteiger partial charge is 0.287 e. The Morgan fingerprint density at radius 1 is 1.25 bits per heavy atom. The lowest BCUT2D eigenvalue weighted by Crippen LogP contribution is -2.41. The number of anilines is 1. The number of nitrogens with zero attached hydrogens (tertiary/aromatic N) is 4. The molecule has 0 fully saturated rings. The lowest BCUT2D eigenvalue weighted by atomic mass is 10.0. The Balaban J connectivity index is 0.000000278. The maximum Gasteiger partial charge on any atom is 0.287 e. The highest BCUT2D eigenvalue weighted by molar-refractivity contribution is 7.13. The molecule has 40 heavy (non-hydrogen) atoms. The first-order chi connectivity index (χ1) is 19.1. The third kappa shape index (κ3) is 6.43. The van der Waals surface area contributed by atoms with Gasteiger partial charge < -0.3 is 25.4 Å². The number of halogens is 3. The highest BCUT2D eigenvalue weighted by atomic mass is 35.5. The quantitative estimate of drug-likeness (QED) is 0.284. The van der Waals surface area contributed by atoms with Crippen molar-refractivity contribution >= 4 is 57.3 Å². The topological polar surface area (TPSA) is 121 Å². The maximum atomic E-state index is 13.8. The van der Waals surface area contributed by atoms with Crippen molar-refractivity contribution in [1.82, 2.24) is 29.5 Å². The fourth-order valence-electron chi connectivity index (χ4n) is 4.14. The molecule has 0 spiro atoms. The number of amides is 3. The van der Waals surface area contributed by atoms with E-state index in [0.29, 0.717) is 25.2 Å². The van der Waals surface area contributed by atoms with Gasteiger partial charge in [-0.1, -0.05) is 11.6 Å². The van der Waals surface area contributed by atoms with Crippen molar-refractivity contribution in [2.75, 3.05) is 32.5 Å². The Morgan fingerprint density at radius 2 is 1.98 bits per heavy atom. The van der Waals surface area contributed by atoms with Gasteiger partial charge in [0.1, 0.15) is 18.2 Å². The van der Waals surface area contributed by atoms with E-state index in [2.05, 4.69) is 25.3 Å². The minimum absolute atomic E-state index is 0.0320. The second-order valence-electron chi connectivity index (χ2n) is 9.15. The second kappa shape index (κ2) is 12.5. The Kier molecular flexibility index (Phi) is 9.07. The van der Waals surface area contributed by atoms with E-state index in [1.54, 1.807) is 6.07 Å². The lowest BCUT2D eigenvalue weighted by molar-refractivity contribution is -0.123. The van der Waals surface area contributed by atoms with E-state index in [-0.39, 0.29) is 34.6 Å². The molecule has 4 aromatic rings. The molecule has 0 bridgehead atoms. The summed E-state index contributed by atoms with van der Waals surface area (Å²) in [5.74, 6) is -1.58. The summed E-state index contributed by atoms with van der Waals surface area (Å²) in [7, 11) is 3.74. The van der Waals surface area contributed by atoms with Gasteiger partial charge in [-0.15, -0.1) is 0 Å². The van der Waals surface area contributed by atoms with Crippen molar-refractivity contribution < 1.29 is 23.2 Å². The zero-order valence-electron chi connectivity index (χ0n) is 21.8. The molecule has 0 saturated heterocycles. The SMILES string of the molecule is CN(C)CCNC(=O)c1nc(NC=O)c2n1CC(=O)NC2c1cc(F)ccc1Cl.Cc1nsc2ccc(F)cc12. The molecule has 210 valence electrons. The summed E-state index contributed by atoms with van der Waals surface area (Å²) in [6.07, 6.45) is 0.414. The standard InChI is InChI=1S/C18H20ClFN6O3.C8H6FNS/c1-25(2)6-5-21-18(29)17-24-16(22-9-27)15-14(23-13(28)8-26(15)17)11-7-10(20)3-4-12(11)19;1-5-7-4-6(9)2-3-8(7)11-10-5/h3-4,7,9,14H,5-6,8H2,1-2H3,(H,21,29)(H,22,27)(H,23,28);2-4H,1H3. The monoisotopic (exact) mass is 589 g/mol. The summed E-state index contributed by atoms with van der Waals surface area (Å²) in [6, 6.07) is 7.61. The van der Waals surface area contributed by atoms with Crippen LogP contribution in [-0.2, 0) is 16.1 Å². The van der Waals surface area contributed by atoms with E-state index in [4.69, 9.17) is 11.6 Å². The number of benzene rings is 2. The van der Waals surface area contributed by atoms with Crippen LogP contribution in [0.25, 0.3) is 10.1 Å². The van der Waals surface area contributed by atoms with Crippen LogP contribution >= 0.6 is 23.1 Å². The van der Waals surface area contributed by atoms with Crippen molar-refractivity contribution in [3.05, 3.63) is 75.8 Å². The summed E-state index contributed by atoms with van der Waals surface area (Å²) in [4.78, 5) is 42.1. The van der Waals surface area contributed by atoms with Gasteiger partial charge in [-0.3, -0.25) is 14.4 Å². The molecule has 1 aliphatic rings. The molecule has 0 radical (unpaired) electrons. The van der Waals surface area contributed by atoms with Crippen LogP contribution in [0.5, 0.6) is 0 Å². The number of nitrogens with one attached hydrogen (secondary N) is 3. The molecule has 10 nitrogen and oxygen atoms in total. The van der Waals surface area contributed by atoms with Crippen LogP contribution in [0, 0.1) is 18.6 Å². The largest absolute Gasteiger partial charge is 0.348 e. The molecule has 3 N–H and O–H groups in total. The Morgan fingerprint density at radius 3 is 2.70 bits per heavy atom. The molecule has 2 aromatic carbocycles. The summed E-state index contributed by atoms with van der Waals surface area (Å²) < 4.78 is 33.1. The molecule has 3 heterocycles. The van der Waals surface area contributed by atoms with E-state index in [1.165, 1.54) is 46.4 Å². The van der Waals surface area contributed by atoms with Crippen molar-refractivity contribution in [3.63, 3.8) is 0 Å². The number of aryl methyl sites for hydroxylation is 1. The number of carbonyl (C=O) groups excluding carboxylic acids is 3. The van der Waals surface area contributed by atoms with Crippen molar-refractivity contribution in [2.24, 2.45) is 0 Å². The van der Waals surface area contributed by atoms with Crippen LogP contribution < -0.4 is 16.0 Å². The molecule has 1 aliphatic heterocycles. The molecule has 1 unspecified atom stereocenters. The highest BCUT2D eigenvalue weighted by Crippen LogP contribution is 2.35. The number of hydrogen-bond donors (Lipinski definition) is 3. The fourth-order valence-corrected chi connectivity index (χ4v) is 5.13. The van der Waals surface area contributed by atoms with Gasteiger partial charge in [-0.05, 0) is 68.9 Å². The normalized spacial score (nSPS) is 14.3. The maximum absolute atomic E-state index is 13.8. The number of rotatable bonds is 7. The van der Waals surface area contributed by atoms with E-state index in [9.17, 15) is 23.2 Å². The van der Waals surface area contributed by atoms with Crippen LogP contribution in [0.3, 0.4) is 0 Å². The fraction of sp³-hybridized carbons (Fsp3) is 0.269. The molecule has 1 atom stereocenters. The number of likely N-dealkylation sites (N-methyl/N-ethyl adjacent to an activating group) is 1. The summed E-state index contributed by atoms with van der Waals surface area (Å²) in [6.45, 7) is 2.69. The van der Waals surface area contributed by atoms with E-state index < -0.39 is 23.7 Å². The van der Waals surface area contributed by atoms with Gasteiger partial charge in [0.25, 0.3) is 5.91 Å². The van der Waals surface area contributed by atoms with Crippen LogP contribution in [0.4, 0.5) is 14.6 Å². The van der Waals surface area contributed by atoms with Crippen LogP contribution in [-0.4, -0.2) is 64.2 Å². The van der Waals surface area contributed by atoms with Crippen molar-refractivity contribution in [1.29, 1.82) is 0 Å². The van der Waals surface area contributed by atoms with E-state index >= 15 is 0 Å². The van der Waals surface area contributed by atoms with Gasteiger partial charge in [-0.2, -0.15) is 4.37 Å². The first-order valence-electron chi connectivity index (χ1n) is 12.1. The Hall–Kier alpha value is -3.94. The van der Waals surface area contributed by atoms with Crippen LogP contribution in [0.1, 0.15) is 33.6 Å². The first-order valence-corrected chi connectivity index (χ1v) is 13.2. The molecule has 14 heteroatoms. The molecule has 2 aromatic heterocycles. The number of imidazole rings is 1. The van der Waals surface area contributed by atoms with Gasteiger partial charge in [0.2, 0.25) is 18.1 Å². The zero-order valence-corrected chi connectivity index (χ0v) is 23.4. The second-order valence-corrected chi connectivity index (χ2v) is 10.4. The zero-order chi connectivity index (χ0) is 29.0.